The molecule has 0 saturated carbocycles. The average Bonchev–Trinajstić information content (AvgIpc) is 2.46. The lowest BCUT2D eigenvalue weighted by atomic mass is 10.2. The number of rotatable bonds is 5. The zero-order valence-electron chi connectivity index (χ0n) is 10.8. The van der Waals surface area contributed by atoms with E-state index in [2.05, 4.69) is 26.3 Å². The number of nitrogens with one attached hydrogen (secondary N) is 1. The van der Waals surface area contributed by atoms with E-state index in [0.29, 0.717) is 36.7 Å². The van der Waals surface area contributed by atoms with Crippen molar-refractivity contribution < 1.29 is 4.79 Å². The minimum Gasteiger partial charge on any atom is -0.299 e. The largest absolute Gasteiger partial charge is 0.299 e. The Morgan fingerprint density at radius 2 is 2.20 bits per heavy atom. The smallest absolute Gasteiger partial charge is 0.261 e. The van der Waals surface area contributed by atoms with E-state index in [1.165, 1.54) is 0 Å². The molecule has 0 aliphatic carbocycles. The number of aryl methyl sites for hydroxylation is 1. The molecule has 106 valence electrons. The highest BCUT2D eigenvalue weighted by Gasteiger charge is 2.05. The molecule has 0 aliphatic rings. The molecule has 1 heterocycles. The van der Waals surface area contributed by atoms with Gasteiger partial charge in [0.2, 0.25) is 5.91 Å². The van der Waals surface area contributed by atoms with Gasteiger partial charge in [0, 0.05) is 17.4 Å². The van der Waals surface area contributed by atoms with Crippen LogP contribution in [0, 0.1) is 0 Å². The van der Waals surface area contributed by atoms with Crippen LogP contribution in [0.1, 0.15) is 19.3 Å². The number of amides is 1. The quantitative estimate of drug-likeness (QED) is 0.372. The van der Waals surface area contributed by atoms with Crippen molar-refractivity contribution in [3.63, 3.8) is 0 Å². The fourth-order valence-corrected chi connectivity index (χ4v) is 2.29. The van der Waals surface area contributed by atoms with Crippen LogP contribution in [0.5, 0.6) is 0 Å². The Labute approximate surface area is 124 Å². The molecular formula is C13H15BrN4O2. The minimum absolute atomic E-state index is 0.0698. The van der Waals surface area contributed by atoms with E-state index in [0.717, 1.165) is 4.47 Å². The number of carbonyl (C=O) groups excluding carboxylic acids is 1. The lowest BCUT2D eigenvalue weighted by Crippen LogP contribution is -2.29. The summed E-state index contributed by atoms with van der Waals surface area (Å²) in [6.07, 6.45) is 3.29. The number of nitrogens with two attached hydrogens (primary N) is 1. The molecule has 0 spiro atoms. The van der Waals surface area contributed by atoms with E-state index >= 15 is 0 Å². The van der Waals surface area contributed by atoms with Gasteiger partial charge in [-0.1, -0.05) is 15.9 Å². The summed E-state index contributed by atoms with van der Waals surface area (Å²) in [6.45, 7) is 0.534. The first-order valence-corrected chi connectivity index (χ1v) is 7.05. The molecule has 1 aromatic carbocycles. The van der Waals surface area contributed by atoms with Gasteiger partial charge in [-0.05, 0) is 31.0 Å². The molecule has 0 unspecified atom stereocenters. The zero-order chi connectivity index (χ0) is 14.5. The molecule has 0 aliphatic heterocycles. The Kier molecular flexibility index (Phi) is 4.86. The summed E-state index contributed by atoms with van der Waals surface area (Å²) in [7, 11) is 0. The Morgan fingerprint density at radius 1 is 1.40 bits per heavy atom. The second kappa shape index (κ2) is 6.62. The number of carbonyl (C=O) groups is 1. The number of fused-ring (bicyclic) bond motifs is 1. The molecule has 0 fully saturated rings. The molecule has 2 rings (SSSR count). The van der Waals surface area contributed by atoms with Crippen molar-refractivity contribution >= 4 is 32.7 Å². The standard InChI is InChI=1S/C13H15BrN4O2/c14-9-4-5-11-10(7-9)13(20)18(8-16-11)6-2-1-3-12(19)17-15/h4-5,7-8H,1-3,6,15H2,(H,17,19). The average molecular weight is 339 g/mol. The number of aromatic nitrogens is 2. The third-order valence-electron chi connectivity index (χ3n) is 3.00. The van der Waals surface area contributed by atoms with Crippen molar-refractivity contribution in [1.29, 1.82) is 0 Å². The topological polar surface area (TPSA) is 90.0 Å². The summed E-state index contributed by atoms with van der Waals surface area (Å²) >= 11 is 3.35. The summed E-state index contributed by atoms with van der Waals surface area (Å²) in [6, 6.07) is 5.42. The summed E-state index contributed by atoms with van der Waals surface area (Å²) in [5.74, 6) is 4.80. The molecule has 1 aromatic heterocycles. The normalized spacial score (nSPS) is 10.7. The van der Waals surface area contributed by atoms with Crippen LogP contribution in [0.25, 0.3) is 10.9 Å². The predicted octanol–water partition coefficient (Wildman–Crippen LogP) is 1.32. The molecule has 0 radical (unpaired) electrons. The van der Waals surface area contributed by atoms with Gasteiger partial charge in [-0.2, -0.15) is 0 Å². The van der Waals surface area contributed by atoms with Gasteiger partial charge in [-0.3, -0.25) is 19.6 Å². The van der Waals surface area contributed by atoms with Gasteiger partial charge < -0.3 is 0 Å². The zero-order valence-corrected chi connectivity index (χ0v) is 12.4. The molecule has 1 amide bonds. The fourth-order valence-electron chi connectivity index (χ4n) is 1.93. The molecule has 0 saturated heterocycles. The van der Waals surface area contributed by atoms with Gasteiger partial charge in [-0.15, -0.1) is 0 Å². The Morgan fingerprint density at radius 3 is 2.95 bits per heavy atom. The SMILES string of the molecule is NNC(=O)CCCCn1cnc2ccc(Br)cc2c1=O. The Bertz CT molecular complexity index is 684. The number of hydrazine groups is 1. The molecule has 2 aromatic rings. The Balaban J connectivity index is 2.09. The van der Waals surface area contributed by atoms with Crippen molar-refractivity contribution in [2.45, 2.75) is 25.8 Å². The maximum Gasteiger partial charge on any atom is 0.261 e. The lowest BCUT2D eigenvalue weighted by molar-refractivity contribution is -0.121. The van der Waals surface area contributed by atoms with Crippen LogP contribution in [-0.4, -0.2) is 15.5 Å². The van der Waals surface area contributed by atoms with Crippen molar-refractivity contribution in [3.8, 4) is 0 Å². The molecule has 0 atom stereocenters. The van der Waals surface area contributed by atoms with Crippen molar-refractivity contribution in [3.05, 3.63) is 39.4 Å². The first-order chi connectivity index (χ1) is 9.61. The molecule has 7 heteroatoms. The lowest BCUT2D eigenvalue weighted by Gasteiger charge is -2.06. The summed E-state index contributed by atoms with van der Waals surface area (Å²) in [4.78, 5) is 27.5. The van der Waals surface area contributed by atoms with Gasteiger partial charge in [0.05, 0.1) is 17.2 Å². The van der Waals surface area contributed by atoms with Gasteiger partial charge in [0.15, 0.2) is 0 Å². The van der Waals surface area contributed by atoms with Gasteiger partial charge in [-0.25, -0.2) is 10.8 Å². The van der Waals surface area contributed by atoms with E-state index in [9.17, 15) is 9.59 Å². The third kappa shape index (κ3) is 3.43. The number of unbranched alkanes of at least 4 members (excludes halogenated alkanes) is 1. The van der Waals surface area contributed by atoms with Crippen LogP contribution < -0.4 is 16.8 Å². The first-order valence-electron chi connectivity index (χ1n) is 6.26. The summed E-state index contributed by atoms with van der Waals surface area (Å²) in [5, 5.41) is 0.585. The number of benzene rings is 1. The maximum absolute atomic E-state index is 12.3. The highest BCUT2D eigenvalue weighted by atomic mass is 79.9. The van der Waals surface area contributed by atoms with E-state index in [-0.39, 0.29) is 11.5 Å². The second-order valence-corrected chi connectivity index (χ2v) is 5.34. The van der Waals surface area contributed by atoms with Crippen molar-refractivity contribution in [2.24, 2.45) is 5.84 Å². The maximum atomic E-state index is 12.3. The number of halogens is 1. The van der Waals surface area contributed by atoms with Gasteiger partial charge >= 0.3 is 0 Å². The number of hydrogen-bond donors (Lipinski definition) is 2. The van der Waals surface area contributed by atoms with Crippen LogP contribution in [0.4, 0.5) is 0 Å². The van der Waals surface area contributed by atoms with Crippen LogP contribution >= 0.6 is 15.9 Å². The highest BCUT2D eigenvalue weighted by molar-refractivity contribution is 9.10. The monoisotopic (exact) mass is 338 g/mol. The molecule has 6 nitrogen and oxygen atoms in total. The van der Waals surface area contributed by atoms with Crippen molar-refractivity contribution in [2.75, 3.05) is 0 Å². The van der Waals surface area contributed by atoms with Crippen molar-refractivity contribution in [1.82, 2.24) is 15.0 Å². The van der Waals surface area contributed by atoms with Gasteiger partial charge in [0.1, 0.15) is 0 Å². The summed E-state index contributed by atoms with van der Waals surface area (Å²) in [5.41, 5.74) is 2.69. The Hall–Kier alpha value is -1.73. The molecular weight excluding hydrogens is 324 g/mol. The molecule has 3 N–H and O–H groups in total. The van der Waals surface area contributed by atoms with E-state index in [1.807, 2.05) is 6.07 Å². The van der Waals surface area contributed by atoms with Crippen LogP contribution in [0.2, 0.25) is 0 Å². The van der Waals surface area contributed by atoms with Crippen LogP contribution in [-0.2, 0) is 11.3 Å². The molecule has 0 bridgehead atoms. The predicted molar refractivity (Wildman–Crippen MR) is 79.9 cm³/mol. The third-order valence-corrected chi connectivity index (χ3v) is 3.49. The van der Waals surface area contributed by atoms with Gasteiger partial charge in [0.25, 0.3) is 5.56 Å². The van der Waals surface area contributed by atoms with Crippen LogP contribution in [0.15, 0.2) is 33.8 Å². The number of nitrogens with zero attached hydrogens (tertiary/aromatic N) is 2. The summed E-state index contributed by atoms with van der Waals surface area (Å²) < 4.78 is 2.41. The first kappa shape index (κ1) is 14.7. The van der Waals surface area contributed by atoms with E-state index in [1.54, 1.807) is 23.0 Å². The minimum atomic E-state index is -0.196. The van der Waals surface area contributed by atoms with E-state index in [4.69, 9.17) is 5.84 Å². The highest BCUT2D eigenvalue weighted by Crippen LogP contribution is 2.14. The second-order valence-electron chi connectivity index (χ2n) is 4.43. The molecule has 20 heavy (non-hydrogen) atoms. The van der Waals surface area contributed by atoms with E-state index < -0.39 is 0 Å². The van der Waals surface area contributed by atoms with Crippen LogP contribution in [0.3, 0.4) is 0 Å². The number of hydrogen-bond acceptors (Lipinski definition) is 4. The fraction of sp³-hybridized carbons (Fsp3) is 0.308.